The van der Waals surface area contributed by atoms with Crippen molar-refractivity contribution in [2.24, 2.45) is 0 Å². The van der Waals surface area contributed by atoms with E-state index in [9.17, 15) is 19.7 Å². The quantitative estimate of drug-likeness (QED) is 0.520. The molecule has 136 valence electrons. The molecule has 0 aliphatic carbocycles. The zero-order chi connectivity index (χ0) is 19.1. The van der Waals surface area contributed by atoms with Crippen molar-refractivity contribution >= 4 is 34.6 Å². The molecule has 0 bridgehead atoms. The summed E-state index contributed by atoms with van der Waals surface area (Å²) >= 11 is 0. The number of nitrogens with zero attached hydrogens (tertiary/aromatic N) is 1. The number of rotatable bonds is 7. The van der Waals surface area contributed by atoms with E-state index in [1.165, 1.54) is 13.0 Å². The number of amides is 2. The van der Waals surface area contributed by atoms with E-state index in [-0.39, 0.29) is 30.5 Å². The molecule has 0 spiro atoms. The number of hydrogen-bond donors (Lipinski definition) is 3. The van der Waals surface area contributed by atoms with E-state index in [0.717, 1.165) is 5.56 Å². The third kappa shape index (κ3) is 5.04. The van der Waals surface area contributed by atoms with Crippen LogP contribution in [0.3, 0.4) is 0 Å². The van der Waals surface area contributed by atoms with Gasteiger partial charge in [-0.25, -0.2) is 0 Å². The Morgan fingerprint density at radius 3 is 2.27 bits per heavy atom. The first-order chi connectivity index (χ1) is 12.4. The zero-order valence-corrected chi connectivity index (χ0v) is 14.5. The van der Waals surface area contributed by atoms with Crippen LogP contribution in [0, 0.1) is 17.0 Å². The van der Waals surface area contributed by atoms with Crippen LogP contribution in [0.1, 0.15) is 18.9 Å². The number of carbonyl (C=O) groups is 2. The molecule has 2 amide bonds. The average molecular weight is 356 g/mol. The van der Waals surface area contributed by atoms with Gasteiger partial charge in [0.25, 0.3) is 5.69 Å². The van der Waals surface area contributed by atoms with Crippen molar-refractivity contribution in [1.82, 2.24) is 0 Å². The van der Waals surface area contributed by atoms with Crippen molar-refractivity contribution in [3.63, 3.8) is 0 Å². The topological polar surface area (TPSA) is 113 Å². The highest BCUT2D eigenvalue weighted by Crippen LogP contribution is 2.24. The highest BCUT2D eigenvalue weighted by molar-refractivity contribution is 5.95. The maximum atomic E-state index is 12.1. The summed E-state index contributed by atoms with van der Waals surface area (Å²) in [6, 6.07) is 11.5. The fraction of sp³-hybridized carbons (Fsp3) is 0.222. The molecule has 0 radical (unpaired) electrons. The number of para-hydroxylation sites is 2. The minimum absolute atomic E-state index is 0.0354. The molecule has 0 aromatic heterocycles. The SMILES string of the molecule is CC(=O)Nc1cccc(NC(=O)CCNc2ccccc2[N+](=O)[O-])c1C. The first kappa shape index (κ1) is 18.9. The van der Waals surface area contributed by atoms with Gasteiger partial charge in [0.2, 0.25) is 11.8 Å². The third-order valence-electron chi connectivity index (χ3n) is 3.69. The average Bonchev–Trinajstić information content (AvgIpc) is 2.58. The van der Waals surface area contributed by atoms with Gasteiger partial charge in [0.05, 0.1) is 4.92 Å². The van der Waals surface area contributed by atoms with Crippen LogP contribution < -0.4 is 16.0 Å². The third-order valence-corrected chi connectivity index (χ3v) is 3.69. The molecule has 2 aromatic carbocycles. The number of hydrogen-bond acceptors (Lipinski definition) is 5. The van der Waals surface area contributed by atoms with Gasteiger partial charge in [-0.05, 0) is 30.7 Å². The second-order valence-corrected chi connectivity index (χ2v) is 5.66. The second kappa shape index (κ2) is 8.61. The van der Waals surface area contributed by atoms with Crippen molar-refractivity contribution in [3.8, 4) is 0 Å². The van der Waals surface area contributed by atoms with E-state index in [2.05, 4.69) is 16.0 Å². The van der Waals surface area contributed by atoms with Gasteiger partial charge in [-0.15, -0.1) is 0 Å². The van der Waals surface area contributed by atoms with Gasteiger partial charge in [-0.1, -0.05) is 18.2 Å². The summed E-state index contributed by atoms with van der Waals surface area (Å²) in [6.07, 6.45) is 0.135. The van der Waals surface area contributed by atoms with Crippen LogP contribution in [0.2, 0.25) is 0 Å². The monoisotopic (exact) mass is 356 g/mol. The summed E-state index contributed by atoms with van der Waals surface area (Å²) in [6.45, 7) is 3.47. The summed E-state index contributed by atoms with van der Waals surface area (Å²) in [5.41, 5.74) is 2.32. The largest absolute Gasteiger partial charge is 0.379 e. The van der Waals surface area contributed by atoms with Gasteiger partial charge in [-0.3, -0.25) is 19.7 Å². The second-order valence-electron chi connectivity index (χ2n) is 5.66. The molecular formula is C18H20N4O4. The molecule has 3 N–H and O–H groups in total. The fourth-order valence-corrected chi connectivity index (χ4v) is 2.40. The van der Waals surface area contributed by atoms with Gasteiger partial charge >= 0.3 is 0 Å². The van der Waals surface area contributed by atoms with Gasteiger partial charge in [-0.2, -0.15) is 0 Å². The lowest BCUT2D eigenvalue weighted by molar-refractivity contribution is -0.384. The maximum Gasteiger partial charge on any atom is 0.292 e. The summed E-state index contributed by atoms with van der Waals surface area (Å²) in [5.74, 6) is -0.426. The minimum Gasteiger partial charge on any atom is -0.379 e. The van der Waals surface area contributed by atoms with Crippen molar-refractivity contribution in [2.45, 2.75) is 20.3 Å². The Balaban J connectivity index is 1.94. The van der Waals surface area contributed by atoms with Crippen molar-refractivity contribution < 1.29 is 14.5 Å². The zero-order valence-electron chi connectivity index (χ0n) is 14.5. The normalized spacial score (nSPS) is 10.1. The van der Waals surface area contributed by atoms with E-state index in [1.54, 1.807) is 43.3 Å². The summed E-state index contributed by atoms with van der Waals surface area (Å²) < 4.78 is 0. The molecule has 0 saturated heterocycles. The molecule has 0 fully saturated rings. The fourth-order valence-electron chi connectivity index (χ4n) is 2.40. The Hall–Kier alpha value is -3.42. The first-order valence-electron chi connectivity index (χ1n) is 8.03. The summed E-state index contributed by atoms with van der Waals surface area (Å²) in [7, 11) is 0. The van der Waals surface area contributed by atoms with Crippen molar-refractivity contribution in [2.75, 3.05) is 22.5 Å². The number of anilines is 3. The molecule has 0 unspecified atom stereocenters. The lowest BCUT2D eigenvalue weighted by Gasteiger charge is -2.13. The Kier molecular flexibility index (Phi) is 6.26. The van der Waals surface area contributed by atoms with Gasteiger partial charge in [0, 0.05) is 37.3 Å². The number of carbonyl (C=O) groups excluding carboxylic acids is 2. The van der Waals surface area contributed by atoms with Crippen LogP contribution in [-0.2, 0) is 9.59 Å². The predicted molar refractivity (Wildman–Crippen MR) is 100 cm³/mol. The highest BCUT2D eigenvalue weighted by Gasteiger charge is 2.13. The molecule has 0 heterocycles. The van der Waals surface area contributed by atoms with Crippen LogP contribution in [0.25, 0.3) is 0 Å². The maximum absolute atomic E-state index is 12.1. The number of nitrogens with one attached hydrogen (secondary N) is 3. The van der Waals surface area contributed by atoms with Crippen LogP contribution in [-0.4, -0.2) is 23.3 Å². The molecule has 0 saturated carbocycles. The molecule has 26 heavy (non-hydrogen) atoms. The molecule has 8 nitrogen and oxygen atoms in total. The molecule has 0 aliphatic rings. The standard InChI is InChI=1S/C18H20N4O4/c1-12-14(20-13(2)23)7-5-8-15(12)21-18(24)10-11-19-16-6-3-4-9-17(16)22(25)26/h3-9,19H,10-11H2,1-2H3,(H,20,23)(H,21,24). The highest BCUT2D eigenvalue weighted by atomic mass is 16.6. The Labute approximate surface area is 150 Å². The molecule has 8 heteroatoms. The van der Waals surface area contributed by atoms with Gasteiger partial charge < -0.3 is 16.0 Å². The van der Waals surface area contributed by atoms with E-state index >= 15 is 0 Å². The minimum atomic E-state index is -0.473. The van der Waals surface area contributed by atoms with Gasteiger partial charge in [0.15, 0.2) is 0 Å². The molecule has 2 aromatic rings. The van der Waals surface area contributed by atoms with Crippen molar-refractivity contribution in [1.29, 1.82) is 0 Å². The molecule has 0 atom stereocenters. The van der Waals surface area contributed by atoms with Crippen LogP contribution in [0.15, 0.2) is 42.5 Å². The first-order valence-corrected chi connectivity index (χ1v) is 8.03. The Morgan fingerprint density at radius 2 is 1.62 bits per heavy atom. The Bertz CT molecular complexity index is 836. The van der Waals surface area contributed by atoms with Gasteiger partial charge in [0.1, 0.15) is 5.69 Å². The lowest BCUT2D eigenvalue weighted by atomic mass is 10.1. The smallest absolute Gasteiger partial charge is 0.292 e. The van der Waals surface area contributed by atoms with Crippen LogP contribution >= 0.6 is 0 Å². The Morgan fingerprint density at radius 1 is 1.00 bits per heavy atom. The molecule has 0 aliphatic heterocycles. The number of nitro benzene ring substituents is 1. The van der Waals surface area contributed by atoms with Crippen LogP contribution in [0.4, 0.5) is 22.7 Å². The number of nitro groups is 1. The van der Waals surface area contributed by atoms with E-state index in [1.807, 2.05) is 0 Å². The summed E-state index contributed by atoms with van der Waals surface area (Å²) in [5, 5.41) is 19.4. The van der Waals surface area contributed by atoms with E-state index < -0.39 is 4.92 Å². The molecular weight excluding hydrogens is 336 g/mol. The molecule has 2 rings (SSSR count). The summed E-state index contributed by atoms with van der Waals surface area (Å²) in [4.78, 5) is 33.8. The van der Waals surface area contributed by atoms with Crippen molar-refractivity contribution in [3.05, 3.63) is 58.1 Å². The lowest BCUT2D eigenvalue weighted by Crippen LogP contribution is -2.17. The van der Waals surface area contributed by atoms with E-state index in [4.69, 9.17) is 0 Å². The predicted octanol–water partition coefficient (Wildman–Crippen LogP) is 3.30. The van der Waals surface area contributed by atoms with Crippen LogP contribution in [0.5, 0.6) is 0 Å². The number of benzene rings is 2. The van der Waals surface area contributed by atoms with E-state index in [0.29, 0.717) is 17.1 Å².